The summed E-state index contributed by atoms with van der Waals surface area (Å²) < 4.78 is 0. The van der Waals surface area contributed by atoms with Gasteiger partial charge in [0.2, 0.25) is 0 Å². The average Bonchev–Trinajstić information content (AvgIpc) is 2.81. The molecule has 0 aliphatic rings. The Bertz CT molecular complexity index is 597. The third kappa shape index (κ3) is 2.83. The highest BCUT2D eigenvalue weighted by Crippen LogP contribution is 2.32. The van der Waals surface area contributed by atoms with Gasteiger partial charge in [0.25, 0.3) is 0 Å². The monoisotopic (exact) mass is 278 g/mol. The molecule has 0 aliphatic heterocycles. The van der Waals surface area contributed by atoms with E-state index >= 15 is 0 Å². The average molecular weight is 278 g/mol. The Morgan fingerprint density at radius 1 is 1.37 bits per heavy atom. The van der Waals surface area contributed by atoms with E-state index in [1.54, 1.807) is 29.5 Å². The van der Waals surface area contributed by atoms with Gasteiger partial charge in [-0.3, -0.25) is 16.0 Å². The minimum atomic E-state index is -0.446. The normalized spacial score (nSPS) is 10.2. The van der Waals surface area contributed by atoms with Crippen molar-refractivity contribution in [3.63, 3.8) is 0 Å². The van der Waals surface area contributed by atoms with Crippen molar-refractivity contribution in [3.8, 4) is 0 Å². The van der Waals surface area contributed by atoms with Crippen LogP contribution in [-0.4, -0.2) is 4.92 Å². The molecule has 4 N–H and O–H groups in total. The Balaban J connectivity index is 2.25. The fourth-order valence-corrected chi connectivity index (χ4v) is 2.61. The van der Waals surface area contributed by atoms with E-state index in [1.165, 1.54) is 5.56 Å². The first-order chi connectivity index (χ1) is 9.13. The SMILES string of the molecule is Cc1cscc1CNc1cccc(NN)c1[N+](=O)[O-]. The fraction of sp³-hybridized carbons (Fsp3) is 0.167. The highest BCUT2D eigenvalue weighted by atomic mass is 32.1. The zero-order valence-electron chi connectivity index (χ0n) is 10.3. The highest BCUT2D eigenvalue weighted by Gasteiger charge is 2.18. The number of hydrazine groups is 1. The fourth-order valence-electron chi connectivity index (χ4n) is 1.76. The molecule has 1 heterocycles. The maximum atomic E-state index is 11.1. The first-order valence-electron chi connectivity index (χ1n) is 5.63. The Labute approximate surface area is 114 Å². The van der Waals surface area contributed by atoms with Crippen LogP contribution in [0.1, 0.15) is 11.1 Å². The van der Waals surface area contributed by atoms with Crippen LogP contribution in [0.15, 0.2) is 29.0 Å². The van der Waals surface area contributed by atoms with E-state index in [0.29, 0.717) is 12.2 Å². The van der Waals surface area contributed by atoms with E-state index in [1.807, 2.05) is 17.7 Å². The maximum absolute atomic E-state index is 11.1. The summed E-state index contributed by atoms with van der Waals surface area (Å²) in [5, 5.41) is 18.3. The third-order valence-electron chi connectivity index (χ3n) is 2.81. The van der Waals surface area contributed by atoms with Crippen LogP contribution in [0.4, 0.5) is 17.1 Å². The van der Waals surface area contributed by atoms with Crippen LogP contribution < -0.4 is 16.6 Å². The largest absolute Gasteiger partial charge is 0.375 e. The zero-order valence-corrected chi connectivity index (χ0v) is 11.2. The molecule has 2 rings (SSSR count). The molecule has 7 heteroatoms. The van der Waals surface area contributed by atoms with Crippen molar-refractivity contribution in [1.82, 2.24) is 0 Å². The van der Waals surface area contributed by atoms with Crippen molar-refractivity contribution in [3.05, 3.63) is 50.2 Å². The number of anilines is 2. The topological polar surface area (TPSA) is 93.2 Å². The number of nitrogens with one attached hydrogen (secondary N) is 2. The summed E-state index contributed by atoms with van der Waals surface area (Å²) >= 11 is 1.61. The van der Waals surface area contributed by atoms with Gasteiger partial charge < -0.3 is 10.7 Å². The number of benzene rings is 1. The summed E-state index contributed by atoms with van der Waals surface area (Å²) in [6, 6.07) is 4.95. The lowest BCUT2D eigenvalue weighted by Gasteiger charge is -2.09. The van der Waals surface area contributed by atoms with Crippen molar-refractivity contribution in [2.24, 2.45) is 5.84 Å². The standard InChI is InChI=1S/C12H14N4O2S/c1-8-6-19-7-9(8)5-14-10-3-2-4-11(15-13)12(10)16(17)18/h2-4,6-7,14-15H,5,13H2,1H3. The molecule has 0 radical (unpaired) electrons. The number of hydrogen-bond acceptors (Lipinski definition) is 6. The minimum Gasteiger partial charge on any atom is -0.375 e. The highest BCUT2D eigenvalue weighted by molar-refractivity contribution is 7.08. The number of nitrogens with zero attached hydrogens (tertiary/aromatic N) is 1. The van der Waals surface area contributed by atoms with Crippen LogP contribution in [0.5, 0.6) is 0 Å². The summed E-state index contributed by atoms with van der Waals surface area (Å²) in [5.41, 5.74) is 5.34. The van der Waals surface area contributed by atoms with E-state index in [-0.39, 0.29) is 11.4 Å². The molecule has 0 amide bonds. The summed E-state index contributed by atoms with van der Waals surface area (Å²) in [7, 11) is 0. The molecule has 0 aliphatic carbocycles. The molecule has 0 spiro atoms. The molecule has 0 bridgehead atoms. The molecular formula is C12H14N4O2S. The Morgan fingerprint density at radius 3 is 2.68 bits per heavy atom. The van der Waals surface area contributed by atoms with Gasteiger partial charge in [-0.25, -0.2) is 0 Å². The van der Waals surface area contributed by atoms with Gasteiger partial charge >= 0.3 is 5.69 Å². The van der Waals surface area contributed by atoms with Gasteiger partial charge in [-0.2, -0.15) is 11.3 Å². The van der Waals surface area contributed by atoms with Crippen LogP contribution >= 0.6 is 11.3 Å². The molecular weight excluding hydrogens is 264 g/mol. The summed E-state index contributed by atoms with van der Waals surface area (Å²) in [6.07, 6.45) is 0. The van der Waals surface area contributed by atoms with E-state index in [0.717, 1.165) is 5.56 Å². The molecule has 100 valence electrons. The number of rotatable bonds is 5. The van der Waals surface area contributed by atoms with Crippen LogP contribution in [0.2, 0.25) is 0 Å². The molecule has 19 heavy (non-hydrogen) atoms. The van der Waals surface area contributed by atoms with Gasteiger partial charge in [-0.15, -0.1) is 0 Å². The van der Waals surface area contributed by atoms with Crippen LogP contribution in [0, 0.1) is 17.0 Å². The zero-order chi connectivity index (χ0) is 13.8. The van der Waals surface area contributed by atoms with Crippen molar-refractivity contribution in [2.45, 2.75) is 13.5 Å². The molecule has 0 saturated heterocycles. The number of nitrogens with two attached hydrogens (primary N) is 1. The number of hydrogen-bond donors (Lipinski definition) is 3. The quantitative estimate of drug-likeness (QED) is 0.444. The van der Waals surface area contributed by atoms with Gasteiger partial charge in [-0.05, 0) is 40.9 Å². The van der Waals surface area contributed by atoms with Crippen LogP contribution in [0.25, 0.3) is 0 Å². The number of nitro groups is 1. The van der Waals surface area contributed by atoms with Crippen molar-refractivity contribution in [2.75, 3.05) is 10.7 Å². The lowest BCUT2D eigenvalue weighted by atomic mass is 10.2. The molecule has 0 atom stereocenters. The molecule has 6 nitrogen and oxygen atoms in total. The lowest BCUT2D eigenvalue weighted by molar-refractivity contribution is -0.383. The number of nitro benzene ring substituents is 1. The number of aryl methyl sites for hydroxylation is 1. The summed E-state index contributed by atoms with van der Waals surface area (Å²) in [6.45, 7) is 2.56. The first kappa shape index (κ1) is 13.3. The van der Waals surface area contributed by atoms with Crippen LogP contribution in [-0.2, 0) is 6.54 Å². The molecule has 2 aromatic rings. The number of para-hydroxylation sites is 1. The van der Waals surface area contributed by atoms with E-state index in [4.69, 9.17) is 5.84 Å². The molecule has 1 aromatic carbocycles. The predicted molar refractivity (Wildman–Crippen MR) is 77.3 cm³/mol. The lowest BCUT2D eigenvalue weighted by Crippen LogP contribution is -2.11. The maximum Gasteiger partial charge on any atom is 0.316 e. The van der Waals surface area contributed by atoms with E-state index in [9.17, 15) is 10.1 Å². The van der Waals surface area contributed by atoms with Crippen molar-refractivity contribution < 1.29 is 4.92 Å². The summed E-state index contributed by atoms with van der Waals surface area (Å²) in [4.78, 5) is 10.7. The molecule has 0 saturated carbocycles. The second-order valence-electron chi connectivity index (χ2n) is 4.04. The third-order valence-corrected chi connectivity index (χ3v) is 3.72. The van der Waals surface area contributed by atoms with Gasteiger partial charge in [0.15, 0.2) is 0 Å². The number of thiophene rings is 1. The Morgan fingerprint density at radius 2 is 2.11 bits per heavy atom. The smallest absolute Gasteiger partial charge is 0.316 e. The minimum absolute atomic E-state index is 0.0436. The van der Waals surface area contributed by atoms with Gasteiger partial charge in [-0.1, -0.05) is 6.07 Å². The van der Waals surface area contributed by atoms with Crippen LogP contribution in [0.3, 0.4) is 0 Å². The van der Waals surface area contributed by atoms with E-state index in [2.05, 4.69) is 10.7 Å². The molecule has 0 fully saturated rings. The summed E-state index contributed by atoms with van der Waals surface area (Å²) in [5.74, 6) is 5.29. The van der Waals surface area contributed by atoms with Crippen molar-refractivity contribution >= 4 is 28.4 Å². The van der Waals surface area contributed by atoms with Gasteiger partial charge in [0, 0.05) is 6.54 Å². The predicted octanol–water partition coefficient (Wildman–Crippen LogP) is 2.86. The first-order valence-corrected chi connectivity index (χ1v) is 6.57. The molecule has 1 aromatic heterocycles. The van der Waals surface area contributed by atoms with E-state index < -0.39 is 4.92 Å². The Hall–Kier alpha value is -2.12. The Kier molecular flexibility index (Phi) is 3.98. The number of nitrogen functional groups attached to an aromatic ring is 1. The van der Waals surface area contributed by atoms with Gasteiger partial charge in [0.05, 0.1) is 4.92 Å². The second-order valence-corrected chi connectivity index (χ2v) is 4.78. The van der Waals surface area contributed by atoms with Gasteiger partial charge in [0.1, 0.15) is 11.4 Å². The van der Waals surface area contributed by atoms with Crippen molar-refractivity contribution in [1.29, 1.82) is 0 Å². The molecule has 0 unspecified atom stereocenters. The second kappa shape index (κ2) is 5.68.